The average Bonchev–Trinajstić information content (AvgIpc) is 3.58. The molecular weight excluding hydrogens is 617 g/mol. The van der Waals surface area contributed by atoms with E-state index >= 15 is 9.18 Å². The van der Waals surface area contributed by atoms with E-state index in [9.17, 15) is 8.78 Å². The van der Waals surface area contributed by atoms with Crippen LogP contribution in [-0.2, 0) is 22.0 Å². The summed E-state index contributed by atoms with van der Waals surface area (Å²) in [6.07, 6.45) is 4.67. The lowest BCUT2D eigenvalue weighted by Gasteiger charge is -2.48. The lowest BCUT2D eigenvalue weighted by atomic mass is 9.76. The van der Waals surface area contributed by atoms with Crippen LogP contribution in [0.5, 0.6) is 0 Å². The van der Waals surface area contributed by atoms with E-state index in [1.165, 1.54) is 12.4 Å². The maximum atomic E-state index is 15.5. The highest BCUT2D eigenvalue weighted by Crippen LogP contribution is 2.53. The van der Waals surface area contributed by atoms with Crippen molar-refractivity contribution in [2.75, 3.05) is 26.2 Å². The summed E-state index contributed by atoms with van der Waals surface area (Å²) in [5.41, 5.74) is -0.0643. The first-order chi connectivity index (χ1) is 21.6. The van der Waals surface area contributed by atoms with Crippen molar-refractivity contribution in [3.63, 3.8) is 0 Å². The van der Waals surface area contributed by atoms with Crippen LogP contribution in [0.25, 0.3) is 0 Å². The molecule has 4 atom stereocenters. The lowest BCUT2D eigenvalue weighted by Crippen LogP contribution is -2.56. The van der Waals surface area contributed by atoms with E-state index in [2.05, 4.69) is 54.9 Å². The zero-order valence-corrected chi connectivity index (χ0v) is 28.4. The van der Waals surface area contributed by atoms with Crippen molar-refractivity contribution in [3.8, 4) is 0 Å². The van der Waals surface area contributed by atoms with Crippen LogP contribution in [-0.4, -0.2) is 79.9 Å². The Bertz CT molecular complexity index is 1590. The van der Waals surface area contributed by atoms with Gasteiger partial charge in [0.1, 0.15) is 17.8 Å². The van der Waals surface area contributed by atoms with E-state index in [1.807, 2.05) is 20.0 Å². The summed E-state index contributed by atoms with van der Waals surface area (Å²) in [7, 11) is 1.84. The number of amides is 1. The average molecular weight is 661 g/mol. The van der Waals surface area contributed by atoms with Crippen LogP contribution >= 0.6 is 11.6 Å². The number of piperidine rings is 2. The monoisotopic (exact) mass is 660 g/mol. The number of carbonyl (C=O) groups is 1. The predicted molar refractivity (Wildman–Crippen MR) is 169 cm³/mol. The van der Waals surface area contributed by atoms with Gasteiger partial charge in [-0.1, -0.05) is 17.7 Å². The fourth-order valence-electron chi connectivity index (χ4n) is 8.02. The second-order valence-corrected chi connectivity index (χ2v) is 15.2. The summed E-state index contributed by atoms with van der Waals surface area (Å²) in [6, 6.07) is 1.73. The lowest BCUT2D eigenvalue weighted by molar-refractivity contribution is -0.141. The van der Waals surface area contributed by atoms with Gasteiger partial charge in [-0.05, 0) is 98.1 Å². The van der Waals surface area contributed by atoms with Gasteiger partial charge in [0, 0.05) is 41.6 Å². The number of nitrogens with one attached hydrogen (secondary N) is 1. The fourth-order valence-corrected chi connectivity index (χ4v) is 8.23. The standard InChI is InChI=1S/C34H44ClF3N6O2/c1-19-24(35)16-22-28(34(11-13-39-14-12-34)46-29(22)33(5,6)31-40-18-41-42(31)7)44(19)30(45)21-10-15-43(32(2,3)4)17-23(21)20-8-9-25(36)27(38)26(20)37/h8-9,16,18-19,21,23,29,39H,10-15,17H2,1-7H3/t19?,21-,23+,29+/m1/s1. The second-order valence-electron chi connectivity index (χ2n) is 14.8. The largest absolute Gasteiger partial charge is 0.360 e. The SMILES string of the molecule is CC1C(Cl)=CC2=C(N1C(=O)[C@@H]1CCN(C(C)(C)C)C[C@H]1c1ccc(F)c(F)c1F)C1(CCNCC1)O[C@@H]2C(C)(C)c1ncnn1C. The molecule has 4 aliphatic rings. The Hall–Kier alpha value is -2.73. The number of halogens is 4. The molecule has 2 aromatic rings. The predicted octanol–water partition coefficient (Wildman–Crippen LogP) is 5.54. The quantitative estimate of drug-likeness (QED) is 0.434. The number of fused-ring (bicyclic) bond motifs is 1. The molecule has 1 amide bonds. The molecule has 5 heterocycles. The van der Waals surface area contributed by atoms with Gasteiger partial charge in [-0.2, -0.15) is 5.10 Å². The number of nitrogens with zero attached hydrogens (tertiary/aromatic N) is 5. The number of benzene rings is 1. The van der Waals surface area contributed by atoms with Gasteiger partial charge in [-0.25, -0.2) is 18.2 Å². The molecule has 0 radical (unpaired) electrons. The van der Waals surface area contributed by atoms with Crippen LogP contribution in [0, 0.1) is 23.4 Å². The summed E-state index contributed by atoms with van der Waals surface area (Å²) < 4.78 is 53.1. The third-order valence-electron chi connectivity index (χ3n) is 10.6. The van der Waals surface area contributed by atoms with E-state index in [-0.39, 0.29) is 17.0 Å². The van der Waals surface area contributed by atoms with E-state index in [1.54, 1.807) is 9.58 Å². The highest BCUT2D eigenvalue weighted by Gasteiger charge is 2.58. The van der Waals surface area contributed by atoms with Crippen molar-refractivity contribution in [3.05, 3.63) is 69.7 Å². The Morgan fingerprint density at radius 1 is 1.11 bits per heavy atom. The van der Waals surface area contributed by atoms with Gasteiger partial charge < -0.3 is 15.0 Å². The van der Waals surface area contributed by atoms with Gasteiger partial charge in [0.15, 0.2) is 17.5 Å². The van der Waals surface area contributed by atoms with E-state index in [0.717, 1.165) is 23.2 Å². The molecule has 1 unspecified atom stereocenters. The van der Waals surface area contributed by atoms with Crippen LogP contribution < -0.4 is 5.32 Å². The number of carbonyl (C=O) groups excluding carboxylic acids is 1. The molecule has 0 saturated carbocycles. The first kappa shape index (κ1) is 33.2. The number of rotatable bonds is 4. The minimum Gasteiger partial charge on any atom is -0.360 e. The number of hydrogen-bond donors (Lipinski definition) is 1. The molecule has 1 aromatic carbocycles. The van der Waals surface area contributed by atoms with Gasteiger partial charge >= 0.3 is 0 Å². The zero-order valence-electron chi connectivity index (χ0n) is 27.6. The summed E-state index contributed by atoms with van der Waals surface area (Å²) in [5, 5.41) is 8.22. The molecule has 6 rings (SSSR count). The maximum Gasteiger partial charge on any atom is 0.231 e. The Morgan fingerprint density at radius 3 is 2.43 bits per heavy atom. The molecule has 1 N–H and O–H groups in total. The Balaban J connectivity index is 1.48. The normalized spacial score (nSPS) is 27.3. The topological polar surface area (TPSA) is 75.5 Å². The highest BCUT2D eigenvalue weighted by molar-refractivity contribution is 6.30. The van der Waals surface area contributed by atoms with E-state index < -0.39 is 52.4 Å². The molecule has 1 spiro atoms. The van der Waals surface area contributed by atoms with Gasteiger partial charge in [0.2, 0.25) is 5.91 Å². The van der Waals surface area contributed by atoms with Gasteiger partial charge in [-0.3, -0.25) is 14.4 Å². The van der Waals surface area contributed by atoms with Crippen LogP contribution in [0.2, 0.25) is 0 Å². The summed E-state index contributed by atoms with van der Waals surface area (Å²) >= 11 is 6.98. The molecule has 8 nitrogen and oxygen atoms in total. The zero-order chi connectivity index (χ0) is 33.3. The molecule has 2 fully saturated rings. The third-order valence-corrected chi connectivity index (χ3v) is 11.0. The van der Waals surface area contributed by atoms with Gasteiger partial charge in [-0.15, -0.1) is 0 Å². The Morgan fingerprint density at radius 2 is 1.80 bits per heavy atom. The fraction of sp³-hybridized carbons (Fsp3) is 0.618. The van der Waals surface area contributed by atoms with E-state index in [4.69, 9.17) is 16.3 Å². The van der Waals surface area contributed by atoms with Crippen molar-refractivity contribution >= 4 is 17.5 Å². The second kappa shape index (κ2) is 11.8. The number of likely N-dealkylation sites (tertiary alicyclic amines) is 1. The van der Waals surface area contributed by atoms with Crippen LogP contribution in [0.15, 0.2) is 40.8 Å². The van der Waals surface area contributed by atoms with Crippen molar-refractivity contribution in [2.24, 2.45) is 13.0 Å². The molecule has 46 heavy (non-hydrogen) atoms. The van der Waals surface area contributed by atoms with Crippen molar-refractivity contribution < 1.29 is 22.7 Å². The number of aryl methyl sites for hydroxylation is 1. The Kier molecular flexibility index (Phi) is 8.48. The van der Waals surface area contributed by atoms with Crippen LogP contribution in [0.1, 0.15) is 78.1 Å². The third kappa shape index (κ3) is 5.31. The number of hydrogen-bond acceptors (Lipinski definition) is 6. The van der Waals surface area contributed by atoms with Crippen LogP contribution in [0.4, 0.5) is 13.2 Å². The molecule has 12 heteroatoms. The summed E-state index contributed by atoms with van der Waals surface area (Å²) in [4.78, 5) is 23.6. The molecule has 0 bridgehead atoms. The number of ether oxygens (including phenoxy) is 1. The van der Waals surface area contributed by atoms with Gasteiger partial charge in [0.05, 0.1) is 23.3 Å². The number of aromatic nitrogens is 3. The molecule has 2 saturated heterocycles. The Labute approximate surface area is 274 Å². The van der Waals surface area contributed by atoms with Crippen molar-refractivity contribution in [1.82, 2.24) is 29.9 Å². The molecule has 250 valence electrons. The molecule has 4 aliphatic heterocycles. The minimum absolute atomic E-state index is 0.00671. The highest BCUT2D eigenvalue weighted by atomic mass is 35.5. The van der Waals surface area contributed by atoms with E-state index in [0.29, 0.717) is 50.5 Å². The molecule has 1 aromatic heterocycles. The van der Waals surface area contributed by atoms with Crippen molar-refractivity contribution in [1.29, 1.82) is 0 Å². The first-order valence-corrected chi connectivity index (χ1v) is 16.5. The summed E-state index contributed by atoms with van der Waals surface area (Å²) in [6.45, 7) is 14.5. The van der Waals surface area contributed by atoms with Gasteiger partial charge in [0.25, 0.3) is 0 Å². The molecular formula is C34H44ClF3N6O2. The van der Waals surface area contributed by atoms with Crippen LogP contribution in [0.3, 0.4) is 0 Å². The smallest absolute Gasteiger partial charge is 0.231 e. The maximum absolute atomic E-state index is 15.5. The first-order valence-electron chi connectivity index (χ1n) is 16.1. The minimum atomic E-state index is -1.52. The molecule has 0 aliphatic carbocycles. The summed E-state index contributed by atoms with van der Waals surface area (Å²) in [5.74, 6) is -4.92. The van der Waals surface area contributed by atoms with Crippen molar-refractivity contribution in [2.45, 2.75) is 95.4 Å².